The Labute approximate surface area is 210 Å². The number of dihydropyridines is 1. The molecule has 1 unspecified atom stereocenters. The first-order chi connectivity index (χ1) is 16.8. The first kappa shape index (κ1) is 24.0. The Morgan fingerprint density at radius 1 is 1.23 bits per heavy atom. The summed E-state index contributed by atoms with van der Waals surface area (Å²) in [4.78, 5) is 18.5. The summed E-state index contributed by atoms with van der Waals surface area (Å²) in [5, 5.41) is 13.0. The molecule has 0 radical (unpaired) electrons. The topological polar surface area (TPSA) is 69.5 Å². The molecule has 1 fully saturated rings. The van der Waals surface area contributed by atoms with Crippen molar-refractivity contribution in [1.29, 1.82) is 0 Å². The molecule has 3 aliphatic heterocycles. The zero-order chi connectivity index (χ0) is 24.7. The lowest BCUT2D eigenvalue weighted by Gasteiger charge is -2.37. The molecule has 0 aliphatic carbocycles. The van der Waals surface area contributed by atoms with E-state index in [9.17, 15) is 9.18 Å². The lowest BCUT2D eigenvalue weighted by atomic mass is 9.95. The minimum Gasteiger partial charge on any atom is -0.370 e. The van der Waals surface area contributed by atoms with E-state index in [4.69, 9.17) is 11.6 Å². The molecule has 1 aromatic carbocycles. The number of nitrogens with zero attached hydrogens (tertiary/aromatic N) is 6. The Morgan fingerprint density at radius 3 is 2.71 bits per heavy atom. The fraction of sp³-hybridized carbons (Fsp3) is 0.480. The van der Waals surface area contributed by atoms with Crippen LogP contribution in [0.3, 0.4) is 0 Å². The second kappa shape index (κ2) is 9.72. The van der Waals surface area contributed by atoms with Crippen LogP contribution in [-0.2, 0) is 17.9 Å². The Hall–Kier alpha value is -2.75. The molecule has 10 heteroatoms. The van der Waals surface area contributed by atoms with E-state index in [1.54, 1.807) is 25.9 Å². The molecule has 8 nitrogen and oxygen atoms in total. The van der Waals surface area contributed by atoms with E-state index in [1.165, 1.54) is 6.20 Å². The molecule has 4 heterocycles. The van der Waals surface area contributed by atoms with E-state index in [0.29, 0.717) is 30.2 Å². The van der Waals surface area contributed by atoms with E-state index in [1.807, 2.05) is 24.3 Å². The molecule has 186 valence electrons. The average molecular weight is 500 g/mol. The van der Waals surface area contributed by atoms with E-state index in [2.05, 4.69) is 29.9 Å². The number of fused-ring (bicyclic) bond motifs is 3. The molecular formula is C25H31ClFN7O. The van der Waals surface area contributed by atoms with Gasteiger partial charge in [-0.15, -0.1) is 10.2 Å². The van der Waals surface area contributed by atoms with Gasteiger partial charge in [-0.2, -0.15) is 0 Å². The van der Waals surface area contributed by atoms with E-state index >= 15 is 0 Å². The summed E-state index contributed by atoms with van der Waals surface area (Å²) >= 11 is 6.35. The number of aromatic nitrogens is 3. The number of halogens is 2. The zero-order valence-corrected chi connectivity index (χ0v) is 21.1. The molecule has 35 heavy (non-hydrogen) atoms. The predicted octanol–water partition coefficient (Wildman–Crippen LogP) is 3.19. The van der Waals surface area contributed by atoms with Crippen LogP contribution < -0.4 is 5.32 Å². The van der Waals surface area contributed by atoms with Gasteiger partial charge in [-0.05, 0) is 55.2 Å². The van der Waals surface area contributed by atoms with Crippen LogP contribution in [0.25, 0.3) is 5.69 Å². The summed E-state index contributed by atoms with van der Waals surface area (Å²) in [7, 11) is 3.54. The van der Waals surface area contributed by atoms with Crippen molar-refractivity contribution in [2.75, 3.05) is 33.7 Å². The summed E-state index contributed by atoms with van der Waals surface area (Å²) < 4.78 is 15.9. The fourth-order valence-corrected chi connectivity index (χ4v) is 5.28. The number of amides is 1. The van der Waals surface area contributed by atoms with E-state index in [-0.39, 0.29) is 23.8 Å². The third-order valence-electron chi connectivity index (χ3n) is 7.11. The standard InChI is InChI=1S/C25H31ClFN7O/c1-16-10-22(28-12-20(16)27)33-8-6-17(7-9-33)25-30-29-23-14-32(15-24(35)31(2)3)13-18-11-19(26)4-5-21(18)34(23)25/h4-5,10-12,17,22,28H,6-9,13-15H2,1-3H3. The fourth-order valence-electron chi connectivity index (χ4n) is 5.08. The Morgan fingerprint density at radius 2 is 2.00 bits per heavy atom. The van der Waals surface area contributed by atoms with Gasteiger partial charge < -0.3 is 10.2 Å². The first-order valence-electron chi connectivity index (χ1n) is 12.0. The number of benzene rings is 1. The van der Waals surface area contributed by atoms with Gasteiger partial charge in [-0.3, -0.25) is 19.2 Å². The molecule has 1 N–H and O–H groups in total. The van der Waals surface area contributed by atoms with Gasteiger partial charge in [0, 0.05) is 50.9 Å². The van der Waals surface area contributed by atoms with Crippen LogP contribution in [0.1, 0.15) is 42.9 Å². The van der Waals surface area contributed by atoms with Crippen LogP contribution in [-0.4, -0.2) is 75.3 Å². The second-order valence-electron chi connectivity index (χ2n) is 9.78. The highest BCUT2D eigenvalue weighted by atomic mass is 35.5. The van der Waals surface area contributed by atoms with Crippen molar-refractivity contribution >= 4 is 17.5 Å². The molecule has 0 saturated carbocycles. The maximum atomic E-state index is 13.7. The number of rotatable bonds is 4. The molecule has 0 bridgehead atoms. The maximum Gasteiger partial charge on any atom is 0.236 e. The smallest absolute Gasteiger partial charge is 0.236 e. The molecule has 0 spiro atoms. The van der Waals surface area contributed by atoms with E-state index < -0.39 is 0 Å². The number of hydrogen-bond acceptors (Lipinski definition) is 6. The quantitative estimate of drug-likeness (QED) is 0.696. The van der Waals surface area contributed by atoms with Crippen LogP contribution in [0.2, 0.25) is 5.02 Å². The number of carbonyl (C=O) groups excluding carboxylic acids is 1. The van der Waals surface area contributed by atoms with Crippen LogP contribution in [0.5, 0.6) is 0 Å². The minimum atomic E-state index is -0.206. The Kier molecular flexibility index (Phi) is 6.65. The van der Waals surface area contributed by atoms with Crippen molar-refractivity contribution in [3.8, 4) is 5.69 Å². The van der Waals surface area contributed by atoms with Gasteiger partial charge in [0.15, 0.2) is 5.82 Å². The highest BCUT2D eigenvalue weighted by molar-refractivity contribution is 6.30. The molecule has 1 aromatic heterocycles. The Balaban J connectivity index is 1.39. The summed E-state index contributed by atoms with van der Waals surface area (Å²) in [6, 6.07) is 5.90. The van der Waals surface area contributed by atoms with Gasteiger partial charge in [0.2, 0.25) is 5.91 Å². The molecular weight excluding hydrogens is 469 g/mol. The number of hydrogen-bond donors (Lipinski definition) is 1. The lowest BCUT2D eigenvalue weighted by Crippen LogP contribution is -2.47. The number of allylic oxidation sites excluding steroid dienone is 2. The number of carbonyl (C=O) groups is 1. The number of nitrogens with one attached hydrogen (secondary N) is 1. The first-order valence-corrected chi connectivity index (χ1v) is 12.4. The molecule has 1 atom stereocenters. The summed E-state index contributed by atoms with van der Waals surface area (Å²) in [6.07, 6.45) is 5.28. The SMILES string of the molecule is CC1=CC(N2CCC(c3nnc4n3-c3ccc(Cl)cc3CN(CC(=O)N(C)C)C4)CC2)NC=C1F. The summed E-state index contributed by atoms with van der Waals surface area (Å²) in [6.45, 7) is 5.00. The molecule has 2 aromatic rings. The largest absolute Gasteiger partial charge is 0.370 e. The van der Waals surface area contributed by atoms with Gasteiger partial charge in [0.1, 0.15) is 11.7 Å². The number of likely N-dealkylation sites (N-methyl/N-ethyl adjacent to an activating group) is 1. The van der Waals surface area contributed by atoms with E-state index in [0.717, 1.165) is 48.8 Å². The number of piperidine rings is 1. The summed E-state index contributed by atoms with van der Waals surface area (Å²) in [5.74, 6) is 1.89. The average Bonchev–Trinajstić information content (AvgIpc) is 3.17. The monoisotopic (exact) mass is 499 g/mol. The molecule has 1 amide bonds. The molecule has 5 rings (SSSR count). The van der Waals surface area contributed by atoms with Crippen molar-refractivity contribution in [3.05, 3.63) is 64.1 Å². The zero-order valence-electron chi connectivity index (χ0n) is 20.3. The van der Waals surface area contributed by atoms with Crippen molar-refractivity contribution in [3.63, 3.8) is 0 Å². The van der Waals surface area contributed by atoms with Crippen LogP contribution in [0.4, 0.5) is 4.39 Å². The Bertz CT molecular complexity index is 1180. The maximum absolute atomic E-state index is 13.7. The van der Waals surface area contributed by atoms with Gasteiger partial charge in [0.05, 0.1) is 24.9 Å². The predicted molar refractivity (Wildman–Crippen MR) is 133 cm³/mol. The summed E-state index contributed by atoms with van der Waals surface area (Å²) in [5.41, 5.74) is 2.76. The van der Waals surface area contributed by atoms with Crippen LogP contribution >= 0.6 is 11.6 Å². The third kappa shape index (κ3) is 4.85. The highest BCUT2D eigenvalue weighted by Gasteiger charge is 2.32. The van der Waals surface area contributed by atoms with Gasteiger partial charge in [-0.1, -0.05) is 11.6 Å². The normalized spacial score (nSPS) is 21.3. The minimum absolute atomic E-state index is 0.0108. The van der Waals surface area contributed by atoms with Gasteiger partial charge in [-0.25, -0.2) is 4.39 Å². The van der Waals surface area contributed by atoms with Crippen molar-refractivity contribution in [2.45, 2.75) is 44.9 Å². The third-order valence-corrected chi connectivity index (χ3v) is 7.34. The highest BCUT2D eigenvalue weighted by Crippen LogP contribution is 2.34. The van der Waals surface area contributed by atoms with Crippen molar-refractivity contribution in [2.24, 2.45) is 0 Å². The van der Waals surface area contributed by atoms with Gasteiger partial charge >= 0.3 is 0 Å². The van der Waals surface area contributed by atoms with Crippen molar-refractivity contribution in [1.82, 2.24) is 34.8 Å². The van der Waals surface area contributed by atoms with Gasteiger partial charge in [0.25, 0.3) is 0 Å². The van der Waals surface area contributed by atoms with Crippen LogP contribution in [0.15, 0.2) is 41.9 Å². The van der Waals surface area contributed by atoms with Crippen molar-refractivity contribution < 1.29 is 9.18 Å². The molecule has 1 saturated heterocycles. The second-order valence-corrected chi connectivity index (χ2v) is 10.2. The van der Waals surface area contributed by atoms with Crippen LogP contribution in [0, 0.1) is 0 Å². The number of likely N-dealkylation sites (tertiary alicyclic amines) is 1. The molecule has 3 aliphatic rings. The lowest BCUT2D eigenvalue weighted by molar-refractivity contribution is -0.130.